The van der Waals surface area contributed by atoms with Crippen LogP contribution in [-0.2, 0) is 62.3 Å². The van der Waals surface area contributed by atoms with E-state index in [2.05, 4.69) is 76.4 Å². The van der Waals surface area contributed by atoms with Crippen molar-refractivity contribution in [3.05, 3.63) is 0 Å². The molecular formula is C53H97N15O15S. The number of rotatable bonds is 41. The summed E-state index contributed by atoms with van der Waals surface area (Å²) >= 11 is 4.12. The van der Waals surface area contributed by atoms with Gasteiger partial charge in [-0.05, 0) is 88.1 Å². The zero-order valence-corrected chi connectivity index (χ0v) is 51.3. The molecule has 0 aliphatic carbocycles. The molecule has 0 rings (SSSR count). The summed E-state index contributed by atoms with van der Waals surface area (Å²) in [5, 5.41) is 48.2. The first-order valence-corrected chi connectivity index (χ1v) is 29.0. The number of aliphatic carboxylic acids is 1. The van der Waals surface area contributed by atoms with Crippen molar-refractivity contribution in [2.75, 3.05) is 45.1 Å². The minimum absolute atomic E-state index is 0.0249. The summed E-state index contributed by atoms with van der Waals surface area (Å²) in [6, 6.07) is -12.1. The summed E-state index contributed by atoms with van der Waals surface area (Å²) in [4.78, 5) is 170. The summed E-state index contributed by atoms with van der Waals surface area (Å²) < 4.78 is 0. The van der Waals surface area contributed by atoms with Crippen LogP contribution < -0.4 is 81.0 Å². The van der Waals surface area contributed by atoms with Crippen LogP contribution in [-0.4, -0.2) is 193 Å². The maximum Gasteiger partial charge on any atom is 0.328 e. The van der Waals surface area contributed by atoms with Gasteiger partial charge in [-0.2, -0.15) is 12.6 Å². The van der Waals surface area contributed by atoms with Crippen molar-refractivity contribution < 1.29 is 72.5 Å². The molecule has 20 N–H and O–H groups in total. The number of carbonyl (C=O) groups excluding carboxylic acids is 12. The fourth-order valence-corrected chi connectivity index (χ4v) is 8.14. The second-order valence-electron chi connectivity index (χ2n) is 22.2. The Hall–Kier alpha value is -6.70. The van der Waals surface area contributed by atoms with Gasteiger partial charge in [0.15, 0.2) is 0 Å². The van der Waals surface area contributed by atoms with E-state index in [9.17, 15) is 72.5 Å². The Morgan fingerprint density at radius 3 is 1.21 bits per heavy atom. The molecule has 0 heterocycles. The van der Waals surface area contributed by atoms with Gasteiger partial charge in [-0.1, -0.05) is 75.7 Å². The standard InChI is InChI=1S/C53H97N15O15S/c1-26(2)20-34(62-45(74)32(56)16-12-14-18-54)48(77)66-42(29(7)8)51(80)68-43(30(9)10)52(81)67-41(28(5)6)50(79)58-21-37(70)60-31(11)44(73)64-36(25-84)46(75)57-23-39(72)65-40(27(3)4)49(78)59-22-38(71)61-33(17-13-15-19-55)47(76)63-35(24-69)53(82)83/h26-36,40-43,69,84H,12-25,54-56H2,1-11H3,(H,57,75)(H,58,79)(H,59,78)(H,60,70)(H,61,71)(H,62,74)(H,63,76)(H,64,73)(H,65,72)(H,66,77)(H,67,81)(H,68,80)(H,82,83). The van der Waals surface area contributed by atoms with Gasteiger partial charge in [-0.15, -0.1) is 0 Å². The molecular weight excluding hydrogens is 1120 g/mol. The molecule has 0 aromatic carbocycles. The first-order chi connectivity index (χ1) is 39.3. The molecule has 0 saturated heterocycles. The smallest absolute Gasteiger partial charge is 0.328 e. The van der Waals surface area contributed by atoms with Gasteiger partial charge in [0.25, 0.3) is 0 Å². The van der Waals surface area contributed by atoms with Crippen molar-refractivity contribution in [2.45, 2.75) is 182 Å². The molecule has 480 valence electrons. The summed E-state index contributed by atoms with van der Waals surface area (Å²) in [7, 11) is 0. The second-order valence-corrected chi connectivity index (χ2v) is 22.6. The Balaban J connectivity index is 5.56. The van der Waals surface area contributed by atoms with Crippen molar-refractivity contribution in [1.82, 2.24) is 63.8 Å². The van der Waals surface area contributed by atoms with Gasteiger partial charge in [0.2, 0.25) is 70.9 Å². The third-order valence-corrected chi connectivity index (χ3v) is 13.3. The van der Waals surface area contributed by atoms with Gasteiger partial charge in [0.1, 0.15) is 54.4 Å². The highest BCUT2D eigenvalue weighted by Gasteiger charge is 2.36. The number of carboxylic acid groups (broad SMARTS) is 1. The molecule has 0 bridgehead atoms. The molecule has 30 nitrogen and oxygen atoms in total. The first kappa shape index (κ1) is 77.3. The Morgan fingerprint density at radius 2 is 0.786 bits per heavy atom. The van der Waals surface area contributed by atoms with E-state index < -0.39 is 187 Å². The fraction of sp³-hybridized carbons (Fsp3) is 0.755. The predicted molar refractivity (Wildman–Crippen MR) is 313 cm³/mol. The third kappa shape index (κ3) is 29.7. The lowest BCUT2D eigenvalue weighted by Crippen LogP contribution is -2.61. The summed E-state index contributed by atoms with van der Waals surface area (Å²) in [5.74, 6) is -13.1. The Bertz CT molecular complexity index is 2210. The van der Waals surface area contributed by atoms with Crippen LogP contribution in [0.15, 0.2) is 0 Å². The van der Waals surface area contributed by atoms with E-state index in [1.165, 1.54) is 6.92 Å². The van der Waals surface area contributed by atoms with E-state index in [1.807, 2.05) is 13.8 Å². The number of carbonyl (C=O) groups is 13. The lowest BCUT2D eigenvalue weighted by Gasteiger charge is -2.30. The van der Waals surface area contributed by atoms with E-state index in [4.69, 9.17) is 17.2 Å². The fourth-order valence-electron chi connectivity index (χ4n) is 7.88. The molecule has 0 aromatic rings. The number of hydrogen-bond acceptors (Lipinski definition) is 18. The monoisotopic (exact) mass is 1220 g/mol. The largest absolute Gasteiger partial charge is 0.480 e. The number of aliphatic hydroxyl groups excluding tert-OH is 1. The average molecular weight is 1220 g/mol. The highest BCUT2D eigenvalue weighted by molar-refractivity contribution is 7.80. The second kappa shape index (κ2) is 40.5. The number of aliphatic hydroxyl groups is 1. The topological polar surface area (TPSA) is 485 Å². The molecule has 0 fully saturated rings. The van der Waals surface area contributed by atoms with Crippen LogP contribution in [0.2, 0.25) is 0 Å². The van der Waals surface area contributed by atoms with E-state index in [0.717, 1.165) is 0 Å². The Kier molecular flexibility index (Phi) is 37.3. The van der Waals surface area contributed by atoms with Crippen molar-refractivity contribution in [1.29, 1.82) is 0 Å². The number of amides is 12. The predicted octanol–water partition coefficient (Wildman–Crippen LogP) is -5.02. The van der Waals surface area contributed by atoms with E-state index in [-0.39, 0.29) is 31.1 Å². The quantitative estimate of drug-likeness (QED) is 0.0201. The first-order valence-electron chi connectivity index (χ1n) is 28.4. The number of unbranched alkanes of at least 4 members (excludes halogenated alkanes) is 2. The molecule has 0 aliphatic rings. The van der Waals surface area contributed by atoms with Crippen LogP contribution in [0.1, 0.15) is 121 Å². The molecule has 0 saturated carbocycles. The van der Waals surface area contributed by atoms with Crippen LogP contribution in [0, 0.1) is 29.6 Å². The number of carboxylic acids is 1. The minimum Gasteiger partial charge on any atom is -0.480 e. The third-order valence-electron chi connectivity index (χ3n) is 12.9. The molecule has 0 radical (unpaired) electrons. The van der Waals surface area contributed by atoms with E-state index >= 15 is 0 Å². The van der Waals surface area contributed by atoms with Crippen molar-refractivity contribution in [3.8, 4) is 0 Å². The number of nitrogens with one attached hydrogen (secondary N) is 12. The highest BCUT2D eigenvalue weighted by Crippen LogP contribution is 2.12. The number of thiol groups is 1. The molecule has 84 heavy (non-hydrogen) atoms. The summed E-state index contributed by atoms with van der Waals surface area (Å²) in [6.45, 7) is 16.1. The summed E-state index contributed by atoms with van der Waals surface area (Å²) in [5.41, 5.74) is 17.2. The van der Waals surface area contributed by atoms with Crippen LogP contribution >= 0.6 is 12.6 Å². The maximum atomic E-state index is 13.8. The van der Waals surface area contributed by atoms with Crippen LogP contribution in [0.4, 0.5) is 0 Å². The number of nitrogens with two attached hydrogens (primary N) is 3. The van der Waals surface area contributed by atoms with Gasteiger partial charge < -0.3 is 91.2 Å². The van der Waals surface area contributed by atoms with E-state index in [1.54, 1.807) is 55.4 Å². The lowest BCUT2D eigenvalue weighted by molar-refractivity contribution is -0.143. The van der Waals surface area contributed by atoms with Crippen molar-refractivity contribution in [3.63, 3.8) is 0 Å². The van der Waals surface area contributed by atoms with Gasteiger partial charge in [0.05, 0.1) is 32.3 Å². The zero-order valence-electron chi connectivity index (χ0n) is 50.4. The molecule has 10 unspecified atom stereocenters. The van der Waals surface area contributed by atoms with Crippen molar-refractivity contribution in [2.24, 2.45) is 46.8 Å². The SMILES string of the molecule is CC(C)CC(NC(=O)C(N)CCCCN)C(=O)NC(C(=O)NC(C(=O)NC(C(=O)NCC(=O)NC(C)C(=O)NC(CS)C(=O)NCC(=O)NC(C(=O)NCC(=O)NC(CCCCN)C(=O)NC(CO)C(=O)O)C(C)C)C(C)C)C(C)C)C(C)C. The van der Waals surface area contributed by atoms with Crippen molar-refractivity contribution >= 4 is 89.5 Å². The Morgan fingerprint density at radius 1 is 0.405 bits per heavy atom. The lowest BCUT2D eigenvalue weighted by atomic mass is 9.97. The van der Waals surface area contributed by atoms with Gasteiger partial charge in [-0.3, -0.25) is 57.5 Å². The van der Waals surface area contributed by atoms with Gasteiger partial charge in [-0.25, -0.2) is 4.79 Å². The molecule has 0 aliphatic heterocycles. The van der Waals surface area contributed by atoms with Crippen LogP contribution in [0.25, 0.3) is 0 Å². The van der Waals surface area contributed by atoms with Gasteiger partial charge >= 0.3 is 5.97 Å². The van der Waals surface area contributed by atoms with Crippen LogP contribution in [0.3, 0.4) is 0 Å². The molecule has 12 amide bonds. The molecule has 0 spiro atoms. The number of hydrogen-bond donors (Lipinski definition) is 18. The highest BCUT2D eigenvalue weighted by atomic mass is 32.1. The Labute approximate surface area is 497 Å². The molecule has 10 atom stereocenters. The van der Waals surface area contributed by atoms with Gasteiger partial charge in [0, 0.05) is 5.75 Å². The molecule has 0 aromatic heterocycles. The minimum atomic E-state index is -1.63. The van der Waals surface area contributed by atoms with E-state index in [0.29, 0.717) is 38.6 Å². The average Bonchev–Trinajstić information content (AvgIpc) is 3.63. The zero-order chi connectivity index (χ0) is 64.6. The summed E-state index contributed by atoms with van der Waals surface area (Å²) in [6.07, 6.45) is 2.85. The maximum absolute atomic E-state index is 13.8. The molecule has 31 heteroatoms. The van der Waals surface area contributed by atoms with Crippen LogP contribution in [0.5, 0.6) is 0 Å². The normalized spacial score (nSPS) is 14.9.